The molecular weight excluding hydrogens is 274 g/mol. The molecule has 1 aromatic rings. The Morgan fingerprint density at radius 2 is 1.95 bits per heavy atom. The number of likely N-dealkylation sites (tertiary alicyclic amines) is 1. The molecule has 20 heavy (non-hydrogen) atoms. The smallest absolute Gasteiger partial charge is 0.227 e. The predicted molar refractivity (Wildman–Crippen MR) is 81.1 cm³/mol. The van der Waals surface area contributed by atoms with Crippen LogP contribution >= 0.6 is 11.6 Å². The highest BCUT2D eigenvalue weighted by molar-refractivity contribution is 6.30. The number of hydrogen-bond donors (Lipinski definition) is 0. The minimum absolute atomic E-state index is 0.164. The SMILES string of the molecule is CC(C)(C)C(=O)N1CCC(Oc2cccc(Cl)c2)CC1. The van der Waals surface area contributed by atoms with Crippen molar-refractivity contribution < 1.29 is 9.53 Å². The maximum Gasteiger partial charge on any atom is 0.227 e. The number of hydrogen-bond acceptors (Lipinski definition) is 2. The normalized spacial score (nSPS) is 17.1. The van der Waals surface area contributed by atoms with Gasteiger partial charge in [0.2, 0.25) is 5.91 Å². The minimum Gasteiger partial charge on any atom is -0.490 e. The Labute approximate surface area is 125 Å². The number of ether oxygens (including phenoxy) is 1. The van der Waals surface area contributed by atoms with Gasteiger partial charge < -0.3 is 9.64 Å². The van der Waals surface area contributed by atoms with Gasteiger partial charge in [0, 0.05) is 36.4 Å². The van der Waals surface area contributed by atoms with E-state index in [0.717, 1.165) is 31.7 Å². The molecule has 0 bridgehead atoms. The van der Waals surface area contributed by atoms with E-state index in [1.807, 2.05) is 49.9 Å². The molecule has 1 heterocycles. The Morgan fingerprint density at radius 1 is 1.30 bits per heavy atom. The van der Waals surface area contributed by atoms with Gasteiger partial charge in [0.15, 0.2) is 0 Å². The number of piperidine rings is 1. The second-order valence-electron chi connectivity index (χ2n) is 6.32. The van der Waals surface area contributed by atoms with Crippen molar-refractivity contribution in [3.8, 4) is 5.75 Å². The molecule has 4 heteroatoms. The van der Waals surface area contributed by atoms with Crippen LogP contribution in [-0.2, 0) is 4.79 Å². The summed E-state index contributed by atoms with van der Waals surface area (Å²) in [5.41, 5.74) is -0.305. The molecule has 0 aliphatic carbocycles. The van der Waals surface area contributed by atoms with Crippen LogP contribution in [0.25, 0.3) is 0 Å². The summed E-state index contributed by atoms with van der Waals surface area (Å²) >= 11 is 5.94. The van der Waals surface area contributed by atoms with Crippen molar-refractivity contribution in [2.75, 3.05) is 13.1 Å². The molecular formula is C16H22ClNO2. The van der Waals surface area contributed by atoms with Crippen molar-refractivity contribution in [2.45, 2.75) is 39.7 Å². The third-order valence-corrected chi connectivity index (χ3v) is 3.70. The molecule has 1 aliphatic rings. The summed E-state index contributed by atoms with van der Waals surface area (Å²) in [4.78, 5) is 14.1. The van der Waals surface area contributed by atoms with Crippen LogP contribution in [0.1, 0.15) is 33.6 Å². The molecule has 0 saturated carbocycles. The number of nitrogens with zero attached hydrogens (tertiary/aromatic N) is 1. The summed E-state index contributed by atoms with van der Waals surface area (Å²) in [6.07, 6.45) is 1.90. The lowest BCUT2D eigenvalue weighted by atomic mass is 9.93. The molecule has 0 spiro atoms. The quantitative estimate of drug-likeness (QED) is 0.831. The number of amides is 1. The van der Waals surface area contributed by atoms with Crippen LogP contribution in [0.2, 0.25) is 5.02 Å². The van der Waals surface area contributed by atoms with Crippen LogP contribution in [0.3, 0.4) is 0 Å². The summed E-state index contributed by atoms with van der Waals surface area (Å²) in [5, 5.41) is 0.683. The Morgan fingerprint density at radius 3 is 2.50 bits per heavy atom. The van der Waals surface area contributed by atoms with Gasteiger partial charge >= 0.3 is 0 Å². The average molecular weight is 296 g/mol. The molecule has 1 saturated heterocycles. The lowest BCUT2D eigenvalue weighted by Gasteiger charge is -2.35. The van der Waals surface area contributed by atoms with E-state index in [1.54, 1.807) is 0 Å². The summed E-state index contributed by atoms with van der Waals surface area (Å²) in [6.45, 7) is 7.42. The molecule has 1 aromatic carbocycles. The Balaban J connectivity index is 1.87. The Bertz CT molecular complexity index is 474. The van der Waals surface area contributed by atoms with Crippen molar-refractivity contribution in [3.63, 3.8) is 0 Å². The van der Waals surface area contributed by atoms with Crippen LogP contribution in [0.4, 0.5) is 0 Å². The van der Waals surface area contributed by atoms with Gasteiger partial charge in [-0.05, 0) is 18.2 Å². The van der Waals surface area contributed by atoms with Gasteiger partial charge in [-0.25, -0.2) is 0 Å². The van der Waals surface area contributed by atoms with Gasteiger partial charge in [0.1, 0.15) is 11.9 Å². The van der Waals surface area contributed by atoms with Crippen LogP contribution in [0.15, 0.2) is 24.3 Å². The van der Waals surface area contributed by atoms with Crippen molar-refractivity contribution in [2.24, 2.45) is 5.41 Å². The number of carbonyl (C=O) groups excluding carboxylic acids is 1. The zero-order chi connectivity index (χ0) is 14.8. The van der Waals surface area contributed by atoms with Gasteiger partial charge in [-0.1, -0.05) is 38.4 Å². The molecule has 1 fully saturated rings. The predicted octanol–water partition coefficient (Wildman–Crippen LogP) is 3.76. The van der Waals surface area contributed by atoms with Crippen LogP contribution in [0, 0.1) is 5.41 Å². The lowest BCUT2D eigenvalue weighted by Crippen LogP contribution is -2.46. The monoisotopic (exact) mass is 295 g/mol. The Kier molecular flexibility index (Phi) is 4.59. The first kappa shape index (κ1) is 15.2. The first-order valence-electron chi connectivity index (χ1n) is 7.08. The van der Waals surface area contributed by atoms with Crippen molar-refractivity contribution in [3.05, 3.63) is 29.3 Å². The third-order valence-electron chi connectivity index (χ3n) is 3.47. The van der Waals surface area contributed by atoms with Gasteiger partial charge in [-0.15, -0.1) is 0 Å². The molecule has 2 rings (SSSR count). The first-order valence-corrected chi connectivity index (χ1v) is 7.45. The fourth-order valence-corrected chi connectivity index (χ4v) is 2.56. The van der Waals surface area contributed by atoms with E-state index in [4.69, 9.17) is 16.3 Å². The lowest BCUT2D eigenvalue weighted by molar-refractivity contribution is -0.141. The van der Waals surface area contributed by atoms with Gasteiger partial charge in [-0.3, -0.25) is 4.79 Å². The number of rotatable bonds is 2. The Hall–Kier alpha value is -1.22. The van der Waals surface area contributed by atoms with Crippen molar-refractivity contribution >= 4 is 17.5 Å². The molecule has 1 aliphatic heterocycles. The van der Waals surface area contributed by atoms with Crippen molar-refractivity contribution in [1.29, 1.82) is 0 Å². The van der Waals surface area contributed by atoms with E-state index < -0.39 is 0 Å². The molecule has 3 nitrogen and oxygen atoms in total. The van der Waals surface area contributed by atoms with E-state index in [-0.39, 0.29) is 17.4 Å². The second kappa shape index (κ2) is 6.04. The molecule has 0 radical (unpaired) electrons. The summed E-state index contributed by atoms with van der Waals surface area (Å²) in [5.74, 6) is 1.02. The maximum atomic E-state index is 12.2. The molecule has 110 valence electrons. The number of benzene rings is 1. The van der Waals surface area contributed by atoms with Gasteiger partial charge in [0.05, 0.1) is 0 Å². The van der Waals surface area contributed by atoms with E-state index in [0.29, 0.717) is 5.02 Å². The number of halogens is 1. The third kappa shape index (κ3) is 3.89. The molecule has 0 aromatic heterocycles. The zero-order valence-corrected chi connectivity index (χ0v) is 13.1. The van der Waals surface area contributed by atoms with E-state index in [9.17, 15) is 4.79 Å². The van der Waals surface area contributed by atoms with Crippen LogP contribution < -0.4 is 4.74 Å². The largest absolute Gasteiger partial charge is 0.490 e. The summed E-state index contributed by atoms with van der Waals surface area (Å²) in [6, 6.07) is 7.46. The van der Waals surface area contributed by atoms with E-state index in [1.165, 1.54) is 0 Å². The maximum absolute atomic E-state index is 12.2. The van der Waals surface area contributed by atoms with Crippen LogP contribution in [-0.4, -0.2) is 30.0 Å². The molecule has 0 N–H and O–H groups in total. The first-order chi connectivity index (χ1) is 9.36. The highest BCUT2D eigenvalue weighted by Gasteiger charge is 2.30. The minimum atomic E-state index is -0.305. The topological polar surface area (TPSA) is 29.5 Å². The average Bonchev–Trinajstić information content (AvgIpc) is 2.38. The van der Waals surface area contributed by atoms with Gasteiger partial charge in [-0.2, -0.15) is 0 Å². The highest BCUT2D eigenvalue weighted by atomic mass is 35.5. The molecule has 0 atom stereocenters. The fourth-order valence-electron chi connectivity index (χ4n) is 2.38. The summed E-state index contributed by atoms with van der Waals surface area (Å²) in [7, 11) is 0. The van der Waals surface area contributed by atoms with E-state index in [2.05, 4.69) is 0 Å². The number of carbonyl (C=O) groups is 1. The van der Waals surface area contributed by atoms with Gasteiger partial charge in [0.25, 0.3) is 0 Å². The fraction of sp³-hybridized carbons (Fsp3) is 0.562. The van der Waals surface area contributed by atoms with Crippen molar-refractivity contribution in [1.82, 2.24) is 4.90 Å². The second-order valence-corrected chi connectivity index (χ2v) is 6.75. The standard InChI is InChI=1S/C16H22ClNO2/c1-16(2,3)15(19)18-9-7-13(8-10-18)20-14-6-4-5-12(17)11-14/h4-6,11,13H,7-10H2,1-3H3. The zero-order valence-electron chi connectivity index (χ0n) is 12.4. The summed E-state index contributed by atoms with van der Waals surface area (Å²) < 4.78 is 5.93. The molecule has 1 amide bonds. The highest BCUT2D eigenvalue weighted by Crippen LogP contribution is 2.24. The van der Waals surface area contributed by atoms with E-state index >= 15 is 0 Å². The molecule has 0 unspecified atom stereocenters. The van der Waals surface area contributed by atoms with Crippen LogP contribution in [0.5, 0.6) is 5.75 Å².